The van der Waals surface area contributed by atoms with Crippen molar-refractivity contribution in [3.63, 3.8) is 0 Å². The Labute approximate surface area is 202 Å². The number of carbonyl (C=O) groups is 1. The number of hydrogen-bond donors (Lipinski definition) is 2. The number of ether oxygens (including phenoxy) is 1. The van der Waals surface area contributed by atoms with Crippen LogP contribution in [0, 0.1) is 17.6 Å². The van der Waals surface area contributed by atoms with Crippen molar-refractivity contribution >= 4 is 22.6 Å². The molecule has 35 heavy (non-hydrogen) atoms. The van der Waals surface area contributed by atoms with Gasteiger partial charge in [0.1, 0.15) is 23.0 Å². The second kappa shape index (κ2) is 9.77. The number of rotatable bonds is 6. The minimum atomic E-state index is -0.703. The first kappa shape index (κ1) is 23.5. The Kier molecular flexibility index (Phi) is 6.56. The van der Waals surface area contributed by atoms with Crippen LogP contribution < -0.4 is 4.74 Å². The molecule has 5 rings (SSSR count). The summed E-state index contributed by atoms with van der Waals surface area (Å²) in [7, 11) is 1.48. The molecule has 0 spiro atoms. The van der Waals surface area contributed by atoms with Gasteiger partial charge in [-0.3, -0.25) is 9.69 Å². The highest BCUT2D eigenvalue weighted by molar-refractivity contribution is 5.97. The molecule has 1 aromatic carbocycles. The Morgan fingerprint density at radius 1 is 1.23 bits per heavy atom. The summed E-state index contributed by atoms with van der Waals surface area (Å²) in [6.07, 6.45) is 8.49. The van der Waals surface area contributed by atoms with E-state index in [0.29, 0.717) is 34.3 Å². The van der Waals surface area contributed by atoms with Gasteiger partial charge in [-0.15, -0.1) is 0 Å². The van der Waals surface area contributed by atoms with Gasteiger partial charge >= 0.3 is 5.97 Å². The van der Waals surface area contributed by atoms with Crippen molar-refractivity contribution in [2.24, 2.45) is 5.92 Å². The molecule has 184 valence electrons. The van der Waals surface area contributed by atoms with Crippen LogP contribution in [-0.4, -0.2) is 52.2 Å². The first-order chi connectivity index (χ1) is 16.9. The second-order valence-corrected chi connectivity index (χ2v) is 9.52. The molecule has 2 N–H and O–H groups in total. The number of aromatic nitrogens is 2. The fourth-order valence-corrected chi connectivity index (χ4v) is 5.59. The van der Waals surface area contributed by atoms with E-state index in [1.54, 1.807) is 0 Å². The van der Waals surface area contributed by atoms with Crippen molar-refractivity contribution in [1.82, 2.24) is 14.9 Å². The van der Waals surface area contributed by atoms with Gasteiger partial charge in [-0.05, 0) is 67.9 Å². The third-order valence-electron chi connectivity index (χ3n) is 7.43. The average Bonchev–Trinajstić information content (AvgIpc) is 3.28. The third-order valence-corrected chi connectivity index (χ3v) is 7.43. The largest absolute Gasteiger partial charge is 0.496 e. The number of fused-ring (bicyclic) bond motifs is 1. The van der Waals surface area contributed by atoms with Gasteiger partial charge in [-0.1, -0.05) is 6.08 Å². The molecule has 6 nitrogen and oxygen atoms in total. The lowest BCUT2D eigenvalue weighted by Gasteiger charge is -2.38. The molecule has 0 amide bonds. The summed E-state index contributed by atoms with van der Waals surface area (Å²) in [5, 5.41) is 9.62. The number of methoxy groups -OCH3 is 1. The third kappa shape index (κ3) is 4.80. The topological polar surface area (TPSA) is 78.5 Å². The van der Waals surface area contributed by atoms with Crippen LogP contribution in [0.3, 0.4) is 0 Å². The number of H-pyrrole nitrogens is 1. The van der Waals surface area contributed by atoms with Crippen LogP contribution in [0.4, 0.5) is 8.78 Å². The molecule has 3 aromatic rings. The Morgan fingerprint density at radius 2 is 2.03 bits per heavy atom. The predicted molar refractivity (Wildman–Crippen MR) is 130 cm³/mol. The molecule has 1 saturated carbocycles. The molecular weight excluding hydrogens is 452 g/mol. The number of carboxylic acid groups (broad SMARTS) is 1. The Balaban J connectivity index is 1.37. The molecule has 1 aliphatic heterocycles. The number of halogens is 2. The van der Waals surface area contributed by atoms with Gasteiger partial charge in [0.05, 0.1) is 13.3 Å². The van der Waals surface area contributed by atoms with Crippen LogP contribution >= 0.6 is 0 Å². The number of aromatic amines is 1. The number of nitrogens with zero attached hydrogens (tertiary/aromatic N) is 2. The summed E-state index contributed by atoms with van der Waals surface area (Å²) in [6.45, 7) is 1.74. The summed E-state index contributed by atoms with van der Waals surface area (Å²) in [4.78, 5) is 21.0. The first-order valence-corrected chi connectivity index (χ1v) is 12.1. The number of benzene rings is 1. The van der Waals surface area contributed by atoms with Gasteiger partial charge in [-0.2, -0.15) is 0 Å². The SMILES string of the molecule is COc1ccc(F)cc1-c1c(F)cnc2[nH]c(C3=CCN(C4CCC(CC(=O)O)CC4)CC3)cc12. The first-order valence-electron chi connectivity index (χ1n) is 12.1. The Morgan fingerprint density at radius 3 is 2.71 bits per heavy atom. The van der Waals surface area contributed by atoms with Crippen LogP contribution in [0.1, 0.15) is 44.2 Å². The molecule has 0 radical (unpaired) electrons. The lowest BCUT2D eigenvalue weighted by atomic mass is 9.83. The van der Waals surface area contributed by atoms with Gasteiger partial charge in [0.15, 0.2) is 0 Å². The molecular formula is C27H29F2N3O3. The van der Waals surface area contributed by atoms with Gasteiger partial charge in [0.2, 0.25) is 0 Å². The smallest absolute Gasteiger partial charge is 0.303 e. The van der Waals surface area contributed by atoms with Crippen LogP contribution in [0.25, 0.3) is 27.7 Å². The average molecular weight is 482 g/mol. The van der Waals surface area contributed by atoms with Crippen LogP contribution in [0.5, 0.6) is 5.75 Å². The summed E-state index contributed by atoms with van der Waals surface area (Å²) < 4.78 is 34.3. The van der Waals surface area contributed by atoms with Crippen molar-refractivity contribution in [2.45, 2.75) is 44.6 Å². The van der Waals surface area contributed by atoms with E-state index in [4.69, 9.17) is 9.84 Å². The Bertz CT molecular complexity index is 1280. The van der Waals surface area contributed by atoms with Crippen molar-refractivity contribution < 1.29 is 23.4 Å². The summed E-state index contributed by atoms with van der Waals surface area (Å²) in [6, 6.07) is 6.45. The highest BCUT2D eigenvalue weighted by atomic mass is 19.1. The molecule has 0 saturated heterocycles. The van der Waals surface area contributed by atoms with Crippen molar-refractivity contribution in [3.05, 3.63) is 53.9 Å². The van der Waals surface area contributed by atoms with Gasteiger partial charge in [-0.25, -0.2) is 13.8 Å². The fourth-order valence-electron chi connectivity index (χ4n) is 5.59. The summed E-state index contributed by atoms with van der Waals surface area (Å²) >= 11 is 0. The minimum absolute atomic E-state index is 0.269. The van der Waals surface area contributed by atoms with E-state index in [9.17, 15) is 13.6 Å². The Hall–Kier alpha value is -3.26. The fraction of sp³-hybridized carbons (Fsp3) is 0.407. The molecule has 0 unspecified atom stereocenters. The monoisotopic (exact) mass is 481 g/mol. The lowest BCUT2D eigenvalue weighted by molar-refractivity contribution is -0.138. The molecule has 0 bridgehead atoms. The molecule has 3 heterocycles. The maximum Gasteiger partial charge on any atom is 0.303 e. The normalized spacial score (nSPS) is 21.2. The molecule has 1 aliphatic carbocycles. The number of carboxylic acids is 1. The van der Waals surface area contributed by atoms with Crippen LogP contribution in [-0.2, 0) is 4.79 Å². The molecule has 1 fully saturated rings. The van der Waals surface area contributed by atoms with Crippen molar-refractivity contribution in [3.8, 4) is 16.9 Å². The zero-order valence-electron chi connectivity index (χ0n) is 19.7. The summed E-state index contributed by atoms with van der Waals surface area (Å²) in [5.41, 5.74) is 3.20. The highest BCUT2D eigenvalue weighted by Gasteiger charge is 2.28. The predicted octanol–water partition coefficient (Wildman–Crippen LogP) is 5.64. The van der Waals surface area contributed by atoms with Crippen LogP contribution in [0.15, 0.2) is 36.5 Å². The molecule has 0 atom stereocenters. The van der Waals surface area contributed by atoms with E-state index in [2.05, 4.69) is 20.9 Å². The van der Waals surface area contributed by atoms with E-state index in [0.717, 1.165) is 62.7 Å². The van der Waals surface area contributed by atoms with E-state index in [1.807, 2.05) is 6.07 Å². The van der Waals surface area contributed by atoms with Gasteiger partial charge in [0.25, 0.3) is 0 Å². The molecule has 2 aromatic heterocycles. The number of aliphatic carboxylic acids is 1. The number of nitrogens with one attached hydrogen (secondary N) is 1. The molecule has 8 heteroatoms. The van der Waals surface area contributed by atoms with Gasteiger partial charge in [0, 0.05) is 47.8 Å². The van der Waals surface area contributed by atoms with Crippen molar-refractivity contribution in [2.75, 3.05) is 20.2 Å². The maximum absolute atomic E-state index is 15.0. The van der Waals surface area contributed by atoms with E-state index < -0.39 is 17.6 Å². The number of hydrogen-bond acceptors (Lipinski definition) is 4. The second-order valence-electron chi connectivity index (χ2n) is 9.52. The van der Waals surface area contributed by atoms with E-state index in [1.165, 1.54) is 25.3 Å². The minimum Gasteiger partial charge on any atom is -0.496 e. The zero-order valence-corrected chi connectivity index (χ0v) is 19.7. The molecule has 2 aliphatic rings. The number of pyridine rings is 1. The lowest BCUT2D eigenvalue weighted by Crippen LogP contribution is -2.40. The quantitative estimate of drug-likeness (QED) is 0.477. The highest BCUT2D eigenvalue weighted by Crippen LogP contribution is 2.39. The zero-order chi connectivity index (χ0) is 24.5. The standard InChI is InChI=1S/C27H29F2N3O3/c1-35-24-7-4-18(28)13-20(24)26-21-14-23(31-27(21)30-15-22(26)29)17-8-10-32(11-9-17)19-5-2-16(3-6-19)12-25(33)34/h4,7-8,13-16,19H,2-3,5-6,9-12H2,1H3,(H,30,31)(H,33,34). The van der Waals surface area contributed by atoms with E-state index >= 15 is 0 Å². The van der Waals surface area contributed by atoms with Crippen LogP contribution in [0.2, 0.25) is 0 Å². The maximum atomic E-state index is 15.0. The van der Waals surface area contributed by atoms with E-state index in [-0.39, 0.29) is 12.0 Å². The van der Waals surface area contributed by atoms with Gasteiger partial charge < -0.3 is 14.8 Å². The summed E-state index contributed by atoms with van der Waals surface area (Å²) in [5.74, 6) is -1.01. The van der Waals surface area contributed by atoms with Crippen molar-refractivity contribution in [1.29, 1.82) is 0 Å².